The van der Waals surface area contributed by atoms with E-state index in [1.54, 1.807) is 11.6 Å². The van der Waals surface area contributed by atoms with Crippen molar-refractivity contribution in [2.24, 2.45) is 7.05 Å². The van der Waals surface area contributed by atoms with Gasteiger partial charge in [0.05, 0.1) is 12.1 Å². The number of nitrogens with one attached hydrogen (secondary N) is 1. The van der Waals surface area contributed by atoms with Crippen molar-refractivity contribution in [2.45, 2.75) is 6.54 Å². The highest BCUT2D eigenvalue weighted by atomic mass is 19.1. The Bertz CT molecular complexity index is 581. The van der Waals surface area contributed by atoms with Crippen LogP contribution in [0.15, 0.2) is 24.5 Å². The number of aromatic nitrogens is 3. The summed E-state index contributed by atoms with van der Waals surface area (Å²) in [4.78, 5) is 11.8. The summed E-state index contributed by atoms with van der Waals surface area (Å²) in [5, 5.41) is 10.0. The van der Waals surface area contributed by atoms with Crippen LogP contribution in [0.4, 0.5) is 10.1 Å². The van der Waals surface area contributed by atoms with Gasteiger partial charge in [0.1, 0.15) is 12.1 Å². The number of amides is 1. The molecule has 3 N–H and O–H groups in total. The average molecular weight is 249 g/mol. The van der Waals surface area contributed by atoms with Gasteiger partial charge in [0, 0.05) is 12.7 Å². The molecule has 0 saturated carbocycles. The van der Waals surface area contributed by atoms with Crippen LogP contribution in [-0.2, 0) is 13.6 Å². The fourth-order valence-corrected chi connectivity index (χ4v) is 1.44. The Balaban J connectivity index is 2.08. The van der Waals surface area contributed by atoms with E-state index in [1.807, 2.05) is 0 Å². The Kier molecular flexibility index (Phi) is 3.22. The summed E-state index contributed by atoms with van der Waals surface area (Å²) in [6.45, 7) is 0.170. The minimum absolute atomic E-state index is 0.0860. The zero-order valence-corrected chi connectivity index (χ0v) is 9.72. The molecule has 0 unspecified atom stereocenters. The van der Waals surface area contributed by atoms with E-state index >= 15 is 0 Å². The smallest absolute Gasteiger partial charge is 0.254 e. The van der Waals surface area contributed by atoms with Crippen LogP contribution >= 0.6 is 0 Å². The quantitative estimate of drug-likeness (QED) is 0.774. The molecule has 0 radical (unpaired) electrons. The maximum absolute atomic E-state index is 13.4. The second-order valence-electron chi connectivity index (χ2n) is 3.78. The van der Waals surface area contributed by atoms with Crippen molar-refractivity contribution in [2.75, 3.05) is 5.73 Å². The van der Waals surface area contributed by atoms with Gasteiger partial charge >= 0.3 is 0 Å². The van der Waals surface area contributed by atoms with Crippen molar-refractivity contribution in [1.82, 2.24) is 20.1 Å². The molecule has 94 valence electrons. The molecule has 7 heteroatoms. The Labute approximate surface area is 103 Å². The Morgan fingerprint density at radius 3 is 3.00 bits per heavy atom. The average Bonchev–Trinajstić information content (AvgIpc) is 2.75. The van der Waals surface area contributed by atoms with Gasteiger partial charge in [-0.3, -0.25) is 4.79 Å². The molecule has 1 aromatic carbocycles. The van der Waals surface area contributed by atoms with E-state index in [0.717, 1.165) is 6.07 Å². The molecule has 1 amide bonds. The number of carbonyl (C=O) groups excluding carboxylic acids is 1. The lowest BCUT2D eigenvalue weighted by atomic mass is 10.2. The molecule has 6 nitrogen and oxygen atoms in total. The first kappa shape index (κ1) is 12.0. The van der Waals surface area contributed by atoms with Crippen LogP contribution in [0.2, 0.25) is 0 Å². The van der Waals surface area contributed by atoms with E-state index in [0.29, 0.717) is 11.5 Å². The van der Waals surface area contributed by atoms with Crippen LogP contribution in [0.3, 0.4) is 0 Å². The van der Waals surface area contributed by atoms with E-state index in [4.69, 9.17) is 5.73 Å². The van der Waals surface area contributed by atoms with Crippen molar-refractivity contribution >= 4 is 11.6 Å². The summed E-state index contributed by atoms with van der Waals surface area (Å²) in [6.07, 6.45) is 1.52. The largest absolute Gasteiger partial charge is 0.399 e. The molecule has 0 saturated heterocycles. The number of nitrogen functional groups attached to an aromatic ring is 1. The monoisotopic (exact) mass is 249 g/mol. The van der Waals surface area contributed by atoms with Gasteiger partial charge in [-0.2, -0.15) is 0 Å². The lowest BCUT2D eigenvalue weighted by Gasteiger charge is -2.06. The van der Waals surface area contributed by atoms with E-state index in [9.17, 15) is 9.18 Å². The first-order valence-electron chi connectivity index (χ1n) is 5.24. The molecule has 0 fully saturated rings. The Hall–Kier alpha value is -2.44. The van der Waals surface area contributed by atoms with Gasteiger partial charge < -0.3 is 15.6 Å². The number of halogens is 1. The molecule has 0 bridgehead atoms. The summed E-state index contributed by atoms with van der Waals surface area (Å²) < 4.78 is 15.1. The molecule has 0 atom stereocenters. The van der Waals surface area contributed by atoms with Gasteiger partial charge in [0.25, 0.3) is 5.91 Å². The lowest BCUT2D eigenvalue weighted by molar-refractivity contribution is 0.0945. The van der Waals surface area contributed by atoms with Crippen LogP contribution in [-0.4, -0.2) is 20.7 Å². The highest BCUT2D eigenvalue weighted by Gasteiger charge is 2.12. The number of rotatable bonds is 3. The zero-order valence-electron chi connectivity index (χ0n) is 9.72. The Morgan fingerprint density at radius 2 is 2.33 bits per heavy atom. The van der Waals surface area contributed by atoms with Crippen molar-refractivity contribution in [3.8, 4) is 0 Å². The number of benzene rings is 1. The van der Waals surface area contributed by atoms with Gasteiger partial charge in [-0.25, -0.2) is 4.39 Å². The fraction of sp³-hybridized carbons (Fsp3) is 0.182. The molecular weight excluding hydrogens is 237 g/mol. The normalized spacial score (nSPS) is 10.3. The third kappa shape index (κ3) is 2.45. The zero-order chi connectivity index (χ0) is 13.1. The van der Waals surface area contributed by atoms with E-state index in [1.165, 1.54) is 18.5 Å². The van der Waals surface area contributed by atoms with E-state index in [-0.39, 0.29) is 12.1 Å². The van der Waals surface area contributed by atoms with Crippen LogP contribution < -0.4 is 11.1 Å². The van der Waals surface area contributed by atoms with E-state index < -0.39 is 11.7 Å². The highest BCUT2D eigenvalue weighted by Crippen LogP contribution is 2.11. The fourth-order valence-electron chi connectivity index (χ4n) is 1.44. The first-order chi connectivity index (χ1) is 8.58. The molecule has 0 aliphatic heterocycles. The molecule has 0 aliphatic carbocycles. The standard InChI is InChI=1S/C11H12FN5O/c1-17-6-15-16-10(17)5-14-11(18)8-4-7(13)2-3-9(8)12/h2-4,6H,5,13H2,1H3,(H,14,18). The maximum Gasteiger partial charge on any atom is 0.254 e. The number of nitrogens with two attached hydrogens (primary N) is 1. The van der Waals surface area contributed by atoms with Crippen molar-refractivity contribution in [1.29, 1.82) is 0 Å². The van der Waals surface area contributed by atoms with Gasteiger partial charge in [-0.05, 0) is 18.2 Å². The first-order valence-corrected chi connectivity index (χ1v) is 5.24. The lowest BCUT2D eigenvalue weighted by Crippen LogP contribution is -2.25. The number of aryl methyl sites for hydroxylation is 1. The van der Waals surface area contributed by atoms with Crippen molar-refractivity contribution < 1.29 is 9.18 Å². The third-order valence-corrected chi connectivity index (χ3v) is 2.45. The highest BCUT2D eigenvalue weighted by molar-refractivity contribution is 5.95. The number of nitrogens with zero attached hydrogens (tertiary/aromatic N) is 3. The summed E-state index contributed by atoms with van der Waals surface area (Å²) in [5.41, 5.74) is 5.75. The van der Waals surface area contributed by atoms with Crippen LogP contribution in [0.1, 0.15) is 16.2 Å². The topological polar surface area (TPSA) is 85.8 Å². The maximum atomic E-state index is 13.4. The summed E-state index contributed by atoms with van der Waals surface area (Å²) >= 11 is 0. The molecule has 0 spiro atoms. The van der Waals surface area contributed by atoms with Gasteiger partial charge in [-0.1, -0.05) is 0 Å². The molecule has 1 aromatic heterocycles. The number of anilines is 1. The molecule has 2 aromatic rings. The van der Waals surface area contributed by atoms with Crippen molar-refractivity contribution in [3.63, 3.8) is 0 Å². The predicted molar refractivity (Wildman–Crippen MR) is 63.0 cm³/mol. The minimum atomic E-state index is -0.611. The van der Waals surface area contributed by atoms with Gasteiger partial charge in [0.2, 0.25) is 0 Å². The van der Waals surface area contributed by atoms with Crippen LogP contribution in [0.25, 0.3) is 0 Å². The second-order valence-corrected chi connectivity index (χ2v) is 3.78. The summed E-state index contributed by atoms with van der Waals surface area (Å²) in [6, 6.07) is 3.85. The molecule has 1 heterocycles. The van der Waals surface area contributed by atoms with E-state index in [2.05, 4.69) is 15.5 Å². The second kappa shape index (κ2) is 4.82. The number of carbonyl (C=O) groups is 1. The third-order valence-electron chi connectivity index (χ3n) is 2.45. The minimum Gasteiger partial charge on any atom is -0.399 e. The van der Waals surface area contributed by atoms with Crippen molar-refractivity contribution in [3.05, 3.63) is 41.7 Å². The predicted octanol–water partition coefficient (Wildman–Crippen LogP) is 0.466. The molecular formula is C11H12FN5O. The summed E-state index contributed by atoms with van der Waals surface area (Å²) in [7, 11) is 1.75. The van der Waals surface area contributed by atoms with Gasteiger partial charge in [-0.15, -0.1) is 10.2 Å². The molecule has 0 aliphatic rings. The molecule has 18 heavy (non-hydrogen) atoms. The van der Waals surface area contributed by atoms with Gasteiger partial charge in [0.15, 0.2) is 5.82 Å². The SMILES string of the molecule is Cn1cnnc1CNC(=O)c1cc(N)ccc1F. The van der Waals surface area contributed by atoms with Crippen LogP contribution in [0.5, 0.6) is 0 Å². The summed E-state index contributed by atoms with van der Waals surface area (Å²) in [5.74, 6) is -0.574. The Morgan fingerprint density at radius 1 is 1.56 bits per heavy atom. The molecule has 2 rings (SSSR count). The number of hydrogen-bond acceptors (Lipinski definition) is 4. The van der Waals surface area contributed by atoms with Crippen LogP contribution in [0, 0.1) is 5.82 Å². The number of hydrogen-bond donors (Lipinski definition) is 2.